The molecular weight excluding hydrogens is 360 g/mol. The molecule has 0 spiro atoms. The van der Waals surface area contributed by atoms with E-state index in [1.54, 1.807) is 11.3 Å². The Hall–Kier alpha value is -2.80. The van der Waals surface area contributed by atoms with Crippen LogP contribution in [0.4, 0.5) is 0 Å². The van der Waals surface area contributed by atoms with Gasteiger partial charge in [-0.3, -0.25) is 0 Å². The van der Waals surface area contributed by atoms with E-state index in [1.807, 2.05) is 67.0 Å². The topological polar surface area (TPSA) is 17.8 Å². The second-order valence-electron chi connectivity index (χ2n) is 5.79. The van der Waals surface area contributed by atoms with E-state index in [4.69, 9.17) is 11.6 Å². The van der Waals surface area contributed by atoms with Gasteiger partial charge in [0.15, 0.2) is 0 Å². The lowest BCUT2D eigenvalue weighted by Gasteiger charge is -2.06. The molecular formula is C22H15ClN2S. The standard InChI is InChI=1S/C22H15ClN2S/c23-19-9-6-18(7-10-19)16-25-15-14-24-22(25)21-13-12-20(26-21)11-8-17-4-2-1-3-5-17/h1-7,9-10,12-15H,16H2. The third-order valence-electron chi connectivity index (χ3n) is 3.91. The fraction of sp³-hybridized carbons (Fsp3) is 0.0455. The summed E-state index contributed by atoms with van der Waals surface area (Å²) in [5.74, 6) is 7.39. The smallest absolute Gasteiger partial charge is 0.150 e. The largest absolute Gasteiger partial charge is 0.326 e. The summed E-state index contributed by atoms with van der Waals surface area (Å²) < 4.78 is 2.14. The first-order valence-electron chi connectivity index (χ1n) is 8.21. The summed E-state index contributed by atoms with van der Waals surface area (Å²) in [5, 5.41) is 0.750. The summed E-state index contributed by atoms with van der Waals surface area (Å²) in [6.07, 6.45) is 3.83. The molecule has 0 aliphatic heterocycles. The highest BCUT2D eigenvalue weighted by Crippen LogP contribution is 2.27. The molecule has 4 heteroatoms. The third-order valence-corrected chi connectivity index (χ3v) is 5.16. The summed E-state index contributed by atoms with van der Waals surface area (Å²) in [6.45, 7) is 0.759. The minimum Gasteiger partial charge on any atom is -0.326 e. The Morgan fingerprint density at radius 1 is 0.923 bits per heavy atom. The van der Waals surface area contributed by atoms with E-state index >= 15 is 0 Å². The van der Waals surface area contributed by atoms with E-state index in [9.17, 15) is 0 Å². The van der Waals surface area contributed by atoms with Crippen molar-refractivity contribution in [3.8, 4) is 22.5 Å². The Kier molecular flexibility index (Phi) is 4.88. The Balaban J connectivity index is 1.56. The highest BCUT2D eigenvalue weighted by atomic mass is 35.5. The van der Waals surface area contributed by atoms with Crippen LogP contribution in [0.1, 0.15) is 16.0 Å². The summed E-state index contributed by atoms with van der Waals surface area (Å²) in [6, 6.07) is 22.1. The highest BCUT2D eigenvalue weighted by molar-refractivity contribution is 7.15. The summed E-state index contributed by atoms with van der Waals surface area (Å²) in [7, 11) is 0. The number of aromatic nitrogens is 2. The Labute approximate surface area is 161 Å². The van der Waals surface area contributed by atoms with Crippen molar-refractivity contribution in [3.63, 3.8) is 0 Å². The number of hydrogen-bond donors (Lipinski definition) is 0. The van der Waals surface area contributed by atoms with Crippen molar-refractivity contribution in [2.45, 2.75) is 6.54 Å². The van der Waals surface area contributed by atoms with Crippen LogP contribution in [-0.2, 0) is 6.54 Å². The quantitative estimate of drug-likeness (QED) is 0.420. The second kappa shape index (κ2) is 7.61. The summed E-state index contributed by atoms with van der Waals surface area (Å²) in [4.78, 5) is 6.68. The number of thiophene rings is 1. The zero-order valence-electron chi connectivity index (χ0n) is 13.9. The lowest BCUT2D eigenvalue weighted by molar-refractivity contribution is 0.809. The summed E-state index contributed by atoms with van der Waals surface area (Å²) in [5.41, 5.74) is 2.21. The Morgan fingerprint density at radius 2 is 1.73 bits per heavy atom. The van der Waals surface area contributed by atoms with Crippen LogP contribution in [0, 0.1) is 11.8 Å². The van der Waals surface area contributed by atoms with Crippen LogP contribution in [0.2, 0.25) is 5.02 Å². The van der Waals surface area contributed by atoms with Gasteiger partial charge in [-0.15, -0.1) is 11.3 Å². The average Bonchev–Trinajstić information content (AvgIpc) is 3.32. The maximum Gasteiger partial charge on any atom is 0.150 e. The SMILES string of the molecule is Clc1ccc(Cn2ccnc2-c2ccc(C#Cc3ccccc3)s2)cc1. The van der Waals surface area contributed by atoms with E-state index in [0.717, 1.165) is 32.7 Å². The molecule has 2 nitrogen and oxygen atoms in total. The fourth-order valence-corrected chi connectivity index (χ4v) is 3.63. The normalized spacial score (nSPS) is 10.3. The van der Waals surface area contributed by atoms with E-state index < -0.39 is 0 Å². The van der Waals surface area contributed by atoms with Crippen molar-refractivity contribution < 1.29 is 0 Å². The zero-order valence-corrected chi connectivity index (χ0v) is 15.5. The van der Waals surface area contributed by atoms with Crippen LogP contribution in [0.15, 0.2) is 79.1 Å². The lowest BCUT2D eigenvalue weighted by atomic mass is 10.2. The van der Waals surface area contributed by atoms with Crippen LogP contribution in [0.25, 0.3) is 10.7 Å². The lowest BCUT2D eigenvalue weighted by Crippen LogP contribution is -2.00. The van der Waals surface area contributed by atoms with Crippen molar-refractivity contribution in [1.82, 2.24) is 9.55 Å². The fourth-order valence-electron chi connectivity index (χ4n) is 2.63. The van der Waals surface area contributed by atoms with E-state index in [0.29, 0.717) is 0 Å². The molecule has 0 atom stereocenters. The number of imidazole rings is 1. The number of halogens is 1. The second-order valence-corrected chi connectivity index (χ2v) is 7.31. The molecule has 4 rings (SSSR count). The maximum absolute atomic E-state index is 5.97. The molecule has 4 aromatic rings. The van der Waals surface area contributed by atoms with Gasteiger partial charge in [-0.2, -0.15) is 0 Å². The van der Waals surface area contributed by atoms with Crippen molar-refractivity contribution in [2.75, 3.05) is 0 Å². The molecule has 0 saturated heterocycles. The van der Waals surface area contributed by atoms with Gasteiger partial charge in [-0.25, -0.2) is 4.98 Å². The van der Waals surface area contributed by atoms with Gasteiger partial charge in [0.25, 0.3) is 0 Å². The van der Waals surface area contributed by atoms with Crippen LogP contribution < -0.4 is 0 Å². The first-order valence-corrected chi connectivity index (χ1v) is 9.40. The van der Waals surface area contributed by atoms with Gasteiger partial charge < -0.3 is 4.57 Å². The van der Waals surface area contributed by atoms with E-state index in [2.05, 4.69) is 33.5 Å². The van der Waals surface area contributed by atoms with Crippen LogP contribution in [0.5, 0.6) is 0 Å². The predicted octanol–water partition coefficient (Wildman–Crippen LogP) is 5.71. The molecule has 0 fully saturated rings. The highest BCUT2D eigenvalue weighted by Gasteiger charge is 2.09. The van der Waals surface area contributed by atoms with Crippen molar-refractivity contribution in [3.05, 3.63) is 100 Å². The number of rotatable bonds is 3. The van der Waals surface area contributed by atoms with Gasteiger partial charge in [-0.1, -0.05) is 53.8 Å². The molecule has 2 aromatic heterocycles. The first kappa shape index (κ1) is 16.7. The molecule has 0 saturated carbocycles. The third kappa shape index (κ3) is 3.88. The molecule has 0 amide bonds. The van der Waals surface area contributed by atoms with Crippen molar-refractivity contribution >= 4 is 22.9 Å². The monoisotopic (exact) mass is 374 g/mol. The number of nitrogens with zero attached hydrogens (tertiary/aromatic N) is 2. The molecule has 2 aromatic carbocycles. The number of hydrogen-bond acceptors (Lipinski definition) is 2. The molecule has 26 heavy (non-hydrogen) atoms. The molecule has 0 bridgehead atoms. The van der Waals surface area contributed by atoms with Crippen LogP contribution in [0.3, 0.4) is 0 Å². The van der Waals surface area contributed by atoms with Crippen LogP contribution in [-0.4, -0.2) is 9.55 Å². The number of benzene rings is 2. The molecule has 0 unspecified atom stereocenters. The van der Waals surface area contributed by atoms with Gasteiger partial charge >= 0.3 is 0 Å². The van der Waals surface area contributed by atoms with Gasteiger partial charge in [0.2, 0.25) is 0 Å². The Morgan fingerprint density at radius 3 is 2.54 bits per heavy atom. The van der Waals surface area contributed by atoms with Crippen molar-refractivity contribution in [2.24, 2.45) is 0 Å². The molecule has 0 radical (unpaired) electrons. The summed E-state index contributed by atoms with van der Waals surface area (Å²) >= 11 is 7.63. The molecule has 0 aliphatic carbocycles. The predicted molar refractivity (Wildman–Crippen MR) is 109 cm³/mol. The van der Waals surface area contributed by atoms with Gasteiger partial charge in [0, 0.05) is 29.5 Å². The molecule has 2 heterocycles. The van der Waals surface area contributed by atoms with Gasteiger partial charge in [-0.05, 0) is 42.0 Å². The van der Waals surface area contributed by atoms with E-state index in [1.165, 1.54) is 5.56 Å². The molecule has 0 N–H and O–H groups in total. The molecule has 126 valence electrons. The van der Waals surface area contributed by atoms with Gasteiger partial charge in [0.05, 0.1) is 9.75 Å². The first-order chi connectivity index (χ1) is 12.8. The molecule has 0 aliphatic rings. The van der Waals surface area contributed by atoms with Crippen molar-refractivity contribution in [1.29, 1.82) is 0 Å². The van der Waals surface area contributed by atoms with Gasteiger partial charge in [0.1, 0.15) is 5.82 Å². The maximum atomic E-state index is 5.97. The average molecular weight is 375 g/mol. The van der Waals surface area contributed by atoms with Crippen LogP contribution >= 0.6 is 22.9 Å². The zero-order chi connectivity index (χ0) is 17.8. The minimum atomic E-state index is 0.750. The Bertz CT molecular complexity index is 1070. The van der Waals surface area contributed by atoms with E-state index in [-0.39, 0.29) is 0 Å². The minimum absolute atomic E-state index is 0.750.